The lowest BCUT2D eigenvalue weighted by Gasteiger charge is -2.32. The lowest BCUT2D eigenvalue weighted by Crippen LogP contribution is -2.41. The zero-order valence-corrected chi connectivity index (χ0v) is 13.7. The van der Waals surface area contributed by atoms with E-state index in [9.17, 15) is 9.59 Å². The normalized spacial score (nSPS) is 25.4. The van der Waals surface area contributed by atoms with Gasteiger partial charge in [-0.1, -0.05) is 24.3 Å². The van der Waals surface area contributed by atoms with Crippen LogP contribution in [0.4, 0.5) is 4.79 Å². The minimum Gasteiger partial charge on any atom is -0.435 e. The number of hydrogen-bond acceptors (Lipinski definition) is 5. The van der Waals surface area contributed by atoms with Crippen LogP contribution in [0.15, 0.2) is 24.3 Å². The third kappa shape index (κ3) is 2.98. The van der Waals surface area contributed by atoms with Gasteiger partial charge < -0.3 is 14.0 Å². The van der Waals surface area contributed by atoms with Crippen molar-refractivity contribution in [3.63, 3.8) is 0 Å². The Balaban J connectivity index is 1.69. The summed E-state index contributed by atoms with van der Waals surface area (Å²) in [6.07, 6.45) is -1.10. The molecule has 7 heteroatoms. The third-order valence-electron chi connectivity index (χ3n) is 4.69. The van der Waals surface area contributed by atoms with Gasteiger partial charge in [-0.05, 0) is 38.7 Å². The molecule has 3 rings (SSSR count). The topological polar surface area (TPSA) is 73.9 Å². The van der Waals surface area contributed by atoms with Crippen LogP contribution in [0, 0.1) is 0 Å². The highest BCUT2D eigenvalue weighted by atomic mass is 16.7. The van der Waals surface area contributed by atoms with E-state index >= 15 is 0 Å². The Bertz CT molecular complexity index is 624. The predicted molar refractivity (Wildman–Crippen MR) is 84.3 cm³/mol. The Labute approximate surface area is 135 Å². The molecule has 2 heterocycles. The molecule has 0 spiro atoms. The van der Waals surface area contributed by atoms with Crippen molar-refractivity contribution >= 4 is 24.6 Å². The molecule has 0 aliphatic carbocycles. The third-order valence-corrected chi connectivity index (χ3v) is 4.69. The van der Waals surface area contributed by atoms with Crippen molar-refractivity contribution in [1.82, 2.24) is 5.32 Å². The molecule has 0 bridgehead atoms. The summed E-state index contributed by atoms with van der Waals surface area (Å²) in [4.78, 5) is 22.5. The summed E-state index contributed by atoms with van der Waals surface area (Å²) in [5, 5.41) is 2.12. The van der Waals surface area contributed by atoms with Crippen LogP contribution >= 0.6 is 0 Å². The van der Waals surface area contributed by atoms with E-state index in [0.717, 1.165) is 11.0 Å². The summed E-state index contributed by atoms with van der Waals surface area (Å²) in [5.74, 6) is -0.398. The molecule has 0 aromatic heterocycles. The summed E-state index contributed by atoms with van der Waals surface area (Å²) in [6.45, 7) is 8.03. The second kappa shape index (κ2) is 5.35. The first-order valence-electron chi connectivity index (χ1n) is 7.64. The fourth-order valence-electron chi connectivity index (χ4n) is 2.53. The number of cyclic esters (lactones) is 1. The maximum absolute atomic E-state index is 11.5. The lowest BCUT2D eigenvalue weighted by atomic mass is 9.78. The fourth-order valence-corrected chi connectivity index (χ4v) is 2.53. The van der Waals surface area contributed by atoms with Crippen LogP contribution in [0.2, 0.25) is 0 Å². The molecule has 2 fully saturated rings. The van der Waals surface area contributed by atoms with E-state index in [0.29, 0.717) is 6.42 Å². The van der Waals surface area contributed by atoms with Crippen molar-refractivity contribution in [2.75, 3.05) is 0 Å². The van der Waals surface area contributed by atoms with E-state index in [2.05, 4.69) is 5.32 Å². The van der Waals surface area contributed by atoms with Crippen LogP contribution in [0.3, 0.4) is 0 Å². The van der Waals surface area contributed by atoms with E-state index in [4.69, 9.17) is 14.0 Å². The molecule has 1 unspecified atom stereocenters. The maximum atomic E-state index is 11.5. The number of nitrogens with one attached hydrogen (secondary N) is 1. The van der Waals surface area contributed by atoms with Gasteiger partial charge in [0.1, 0.15) is 0 Å². The van der Waals surface area contributed by atoms with Gasteiger partial charge in [0.15, 0.2) is 6.10 Å². The van der Waals surface area contributed by atoms with Crippen LogP contribution in [-0.2, 0) is 25.3 Å². The van der Waals surface area contributed by atoms with Crippen molar-refractivity contribution in [3.8, 4) is 0 Å². The van der Waals surface area contributed by atoms with Crippen molar-refractivity contribution in [3.05, 3.63) is 29.8 Å². The number of hydrogen-bond donors (Lipinski definition) is 1. The van der Waals surface area contributed by atoms with Crippen LogP contribution in [0.1, 0.15) is 33.3 Å². The van der Waals surface area contributed by atoms with Gasteiger partial charge in [-0.25, -0.2) is 4.79 Å². The second-order valence-corrected chi connectivity index (χ2v) is 6.92. The quantitative estimate of drug-likeness (QED) is 0.847. The molecular weight excluding hydrogens is 297 g/mol. The van der Waals surface area contributed by atoms with Gasteiger partial charge in [0.2, 0.25) is 0 Å². The first-order chi connectivity index (χ1) is 10.7. The van der Waals surface area contributed by atoms with E-state index in [1.807, 2.05) is 52.0 Å². The van der Waals surface area contributed by atoms with Gasteiger partial charge in [-0.15, -0.1) is 0 Å². The van der Waals surface area contributed by atoms with Gasteiger partial charge in [0.05, 0.1) is 11.2 Å². The Hall–Kier alpha value is -1.86. The Morgan fingerprint density at radius 1 is 1.04 bits per heavy atom. The number of carbonyl (C=O) groups excluding carboxylic acids is 2. The molecule has 0 radical (unpaired) electrons. The minimum absolute atomic E-state index is 0.348. The number of ether oxygens (including phenoxy) is 1. The summed E-state index contributed by atoms with van der Waals surface area (Å²) >= 11 is 0. The molecule has 23 heavy (non-hydrogen) atoms. The Morgan fingerprint density at radius 3 is 2.09 bits per heavy atom. The SMILES string of the molecule is CC1(C)OB(c2ccc(CC3OC(=O)NC3=O)cc2)OC1(C)C. The minimum atomic E-state index is -0.759. The molecule has 2 amide bonds. The Kier molecular flexibility index (Phi) is 3.73. The largest absolute Gasteiger partial charge is 0.494 e. The summed E-state index contributed by atoms with van der Waals surface area (Å²) in [5.41, 5.74) is 1.05. The fraction of sp³-hybridized carbons (Fsp3) is 0.500. The number of carbonyl (C=O) groups is 2. The van der Waals surface area contributed by atoms with Crippen LogP contribution in [-0.4, -0.2) is 36.4 Å². The smallest absolute Gasteiger partial charge is 0.435 e. The van der Waals surface area contributed by atoms with Crippen molar-refractivity contribution in [1.29, 1.82) is 0 Å². The number of imide groups is 1. The van der Waals surface area contributed by atoms with Gasteiger partial charge >= 0.3 is 13.2 Å². The van der Waals surface area contributed by atoms with Gasteiger partial charge in [0, 0.05) is 6.42 Å². The molecule has 0 saturated carbocycles. The molecule has 1 N–H and O–H groups in total. The molecule has 2 aliphatic rings. The molecular formula is C16H20BNO5. The van der Waals surface area contributed by atoms with E-state index in [1.54, 1.807) is 0 Å². The zero-order chi connectivity index (χ0) is 16.8. The highest BCUT2D eigenvalue weighted by Crippen LogP contribution is 2.36. The Morgan fingerprint density at radius 2 is 1.61 bits per heavy atom. The average molecular weight is 317 g/mol. The number of benzene rings is 1. The summed E-state index contributed by atoms with van der Waals surface area (Å²) < 4.78 is 16.9. The predicted octanol–water partition coefficient (Wildman–Crippen LogP) is 1.16. The van der Waals surface area contributed by atoms with Crippen LogP contribution in [0.5, 0.6) is 0 Å². The van der Waals surface area contributed by atoms with E-state index < -0.39 is 25.2 Å². The van der Waals surface area contributed by atoms with Gasteiger partial charge in [0.25, 0.3) is 5.91 Å². The first-order valence-corrected chi connectivity index (χ1v) is 7.64. The second-order valence-electron chi connectivity index (χ2n) is 6.92. The van der Waals surface area contributed by atoms with E-state index in [-0.39, 0.29) is 11.2 Å². The van der Waals surface area contributed by atoms with Crippen molar-refractivity contribution in [2.45, 2.75) is 51.4 Å². The number of amides is 2. The van der Waals surface area contributed by atoms with Crippen LogP contribution < -0.4 is 10.8 Å². The molecule has 1 aromatic carbocycles. The molecule has 1 atom stereocenters. The van der Waals surface area contributed by atoms with Crippen LogP contribution in [0.25, 0.3) is 0 Å². The van der Waals surface area contributed by atoms with Crippen molar-refractivity contribution in [2.24, 2.45) is 0 Å². The number of rotatable bonds is 3. The highest BCUT2D eigenvalue weighted by molar-refractivity contribution is 6.62. The summed E-state index contributed by atoms with van der Waals surface area (Å²) in [7, 11) is -0.415. The monoisotopic (exact) mass is 317 g/mol. The first kappa shape index (κ1) is 16.0. The molecule has 1 aromatic rings. The summed E-state index contributed by atoms with van der Waals surface area (Å²) in [6, 6.07) is 7.60. The molecule has 122 valence electrons. The average Bonchev–Trinajstić information content (AvgIpc) is 2.86. The van der Waals surface area contributed by atoms with Gasteiger partial charge in [-0.2, -0.15) is 0 Å². The highest BCUT2D eigenvalue weighted by Gasteiger charge is 2.51. The van der Waals surface area contributed by atoms with E-state index in [1.165, 1.54) is 0 Å². The maximum Gasteiger partial charge on any atom is 0.494 e. The van der Waals surface area contributed by atoms with Crippen molar-refractivity contribution < 1.29 is 23.6 Å². The molecule has 2 aliphatic heterocycles. The molecule has 6 nitrogen and oxygen atoms in total. The molecule has 2 saturated heterocycles. The lowest BCUT2D eigenvalue weighted by molar-refractivity contribution is -0.123. The number of alkyl carbamates (subject to hydrolysis) is 1. The van der Waals surface area contributed by atoms with Gasteiger partial charge in [-0.3, -0.25) is 10.1 Å². The zero-order valence-electron chi connectivity index (χ0n) is 13.7. The standard InChI is InChI=1S/C16H20BNO5/c1-15(2)16(3,4)23-17(22-15)11-7-5-10(6-8-11)9-12-13(19)18-14(20)21-12/h5-8,12H,9H2,1-4H3,(H,18,19,20).